The zero-order valence-electron chi connectivity index (χ0n) is 20.3. The highest BCUT2D eigenvalue weighted by molar-refractivity contribution is 7.82. The summed E-state index contributed by atoms with van der Waals surface area (Å²) >= 11 is 4.86. The molecular formula is C27H35N3O2S. The van der Waals surface area contributed by atoms with Crippen LogP contribution in [0.3, 0.4) is 0 Å². The Morgan fingerprint density at radius 1 is 1.09 bits per heavy atom. The fourth-order valence-electron chi connectivity index (χ4n) is 4.65. The van der Waals surface area contributed by atoms with Gasteiger partial charge in [-0.2, -0.15) is 17.7 Å². The maximum absolute atomic E-state index is 10.3. The molecule has 1 atom stereocenters. The summed E-state index contributed by atoms with van der Waals surface area (Å²) in [5, 5.41) is 22.9. The molecule has 1 aliphatic rings. The number of aliphatic hydroxyl groups is 1. The van der Waals surface area contributed by atoms with E-state index in [4.69, 9.17) is 17.7 Å². The van der Waals surface area contributed by atoms with Crippen molar-refractivity contribution in [2.24, 2.45) is 5.10 Å². The van der Waals surface area contributed by atoms with E-state index < -0.39 is 0 Å². The first kappa shape index (κ1) is 24.9. The van der Waals surface area contributed by atoms with E-state index in [-0.39, 0.29) is 5.25 Å². The molecule has 3 N–H and O–H groups in total. The summed E-state index contributed by atoms with van der Waals surface area (Å²) < 4.78 is 2.32. The Bertz CT molecular complexity index is 1210. The largest absolute Gasteiger partial charge is 0.508 e. The molecule has 33 heavy (non-hydrogen) atoms. The van der Waals surface area contributed by atoms with Gasteiger partial charge in [-0.05, 0) is 92.6 Å². The summed E-state index contributed by atoms with van der Waals surface area (Å²) in [6.07, 6.45) is 5.61. The number of hydrogen-bond acceptors (Lipinski definition) is 5. The van der Waals surface area contributed by atoms with E-state index in [0.717, 1.165) is 42.3 Å². The Morgan fingerprint density at radius 2 is 1.82 bits per heavy atom. The van der Waals surface area contributed by atoms with Crippen LogP contribution in [-0.4, -0.2) is 33.4 Å². The summed E-state index contributed by atoms with van der Waals surface area (Å²) in [5.41, 5.74) is 12.4. The molecule has 0 fully saturated rings. The molecule has 0 spiro atoms. The smallest absolute Gasteiger partial charge is 0.119 e. The molecular weight excluding hydrogens is 430 g/mol. The SMILES string of the molecule is CCc1c(O)ccc(C2=C(Cc3c(C)ccc4c3ccn4C(C)C)C(S)C=NN2)c1C.CO. The van der Waals surface area contributed by atoms with Gasteiger partial charge in [-0.25, -0.2) is 0 Å². The average molecular weight is 466 g/mol. The van der Waals surface area contributed by atoms with Crippen LogP contribution in [0.15, 0.2) is 47.2 Å². The summed E-state index contributed by atoms with van der Waals surface area (Å²) in [7, 11) is 1.00. The fraction of sp³-hybridized carbons (Fsp3) is 0.370. The van der Waals surface area contributed by atoms with Gasteiger partial charge in [-0.15, -0.1) is 0 Å². The molecule has 0 amide bonds. The predicted octanol–water partition coefficient (Wildman–Crippen LogP) is 5.56. The van der Waals surface area contributed by atoms with Crippen molar-refractivity contribution in [1.82, 2.24) is 9.99 Å². The number of rotatable bonds is 5. The van der Waals surface area contributed by atoms with Gasteiger partial charge in [0.05, 0.1) is 10.9 Å². The molecule has 6 heteroatoms. The number of nitrogens with zero attached hydrogens (tertiary/aromatic N) is 2. The third-order valence-electron chi connectivity index (χ3n) is 6.44. The molecule has 1 aliphatic heterocycles. The maximum atomic E-state index is 10.3. The van der Waals surface area contributed by atoms with E-state index in [1.807, 2.05) is 12.3 Å². The van der Waals surface area contributed by atoms with Crippen LogP contribution in [0.5, 0.6) is 5.75 Å². The van der Waals surface area contributed by atoms with Crippen molar-refractivity contribution in [2.45, 2.75) is 58.8 Å². The molecule has 0 saturated heterocycles. The number of aromatic hydroxyl groups is 1. The molecule has 2 aromatic carbocycles. The van der Waals surface area contributed by atoms with Crippen LogP contribution in [0.25, 0.3) is 16.6 Å². The van der Waals surface area contributed by atoms with Gasteiger partial charge in [-0.1, -0.05) is 13.0 Å². The monoisotopic (exact) mass is 465 g/mol. The Hall–Kier alpha value is -2.70. The van der Waals surface area contributed by atoms with E-state index in [1.165, 1.54) is 27.6 Å². The fourth-order valence-corrected chi connectivity index (χ4v) is 4.94. The average Bonchev–Trinajstić information content (AvgIpc) is 3.23. The molecule has 0 bridgehead atoms. The number of thiol groups is 1. The number of phenolic OH excluding ortho intramolecular Hbond substituents is 1. The third kappa shape index (κ3) is 4.68. The Labute approximate surface area is 202 Å². The number of fused-ring (bicyclic) bond motifs is 1. The van der Waals surface area contributed by atoms with Gasteiger partial charge in [0.2, 0.25) is 0 Å². The Morgan fingerprint density at radius 3 is 2.48 bits per heavy atom. The topological polar surface area (TPSA) is 69.8 Å². The summed E-state index contributed by atoms with van der Waals surface area (Å²) in [6, 6.07) is 10.9. The van der Waals surface area contributed by atoms with Crippen molar-refractivity contribution < 1.29 is 10.2 Å². The van der Waals surface area contributed by atoms with Crippen molar-refractivity contribution >= 4 is 35.4 Å². The lowest BCUT2D eigenvalue weighted by molar-refractivity contribution is 0.399. The number of benzene rings is 2. The number of aryl methyl sites for hydroxylation is 1. The Kier molecular flexibility index (Phi) is 7.92. The minimum atomic E-state index is -0.0728. The van der Waals surface area contributed by atoms with Gasteiger partial charge >= 0.3 is 0 Å². The number of nitrogens with one attached hydrogen (secondary N) is 1. The highest BCUT2D eigenvalue weighted by atomic mass is 32.1. The minimum Gasteiger partial charge on any atom is -0.508 e. The second kappa shape index (κ2) is 10.5. The lowest BCUT2D eigenvalue weighted by Gasteiger charge is -2.25. The van der Waals surface area contributed by atoms with Gasteiger partial charge in [-0.3, -0.25) is 5.43 Å². The predicted molar refractivity (Wildman–Crippen MR) is 142 cm³/mol. The normalized spacial score (nSPS) is 15.6. The van der Waals surface area contributed by atoms with Crippen LogP contribution in [0, 0.1) is 13.8 Å². The molecule has 0 aliphatic carbocycles. The van der Waals surface area contributed by atoms with Crippen molar-refractivity contribution in [2.75, 3.05) is 7.11 Å². The molecule has 5 nitrogen and oxygen atoms in total. The number of hydrogen-bond donors (Lipinski definition) is 4. The minimum absolute atomic E-state index is 0.0728. The summed E-state index contributed by atoms with van der Waals surface area (Å²) in [5.74, 6) is 0.350. The lowest BCUT2D eigenvalue weighted by atomic mass is 9.89. The first-order valence-corrected chi connectivity index (χ1v) is 11.9. The van der Waals surface area contributed by atoms with E-state index in [2.05, 4.69) is 74.1 Å². The third-order valence-corrected chi connectivity index (χ3v) is 6.88. The zero-order valence-corrected chi connectivity index (χ0v) is 21.2. The number of hydrazone groups is 1. The standard InChI is InChI=1S/C26H31N3OS.CH4O/c1-6-18-17(5)19(8-10-24(18)30)26-22(25(31)14-27-28-26)13-21-16(4)7-9-23-20(21)11-12-29(23)15(2)3;1-2/h7-12,14-15,25,28,30-31H,6,13H2,1-5H3;2H,1H3. The van der Waals surface area contributed by atoms with Crippen molar-refractivity contribution in [3.05, 3.63) is 69.9 Å². The van der Waals surface area contributed by atoms with E-state index in [0.29, 0.717) is 11.8 Å². The van der Waals surface area contributed by atoms with Crippen LogP contribution in [0.4, 0.5) is 0 Å². The first-order valence-electron chi connectivity index (χ1n) is 11.4. The van der Waals surface area contributed by atoms with Crippen molar-refractivity contribution in [3.8, 4) is 5.75 Å². The first-order chi connectivity index (χ1) is 15.8. The van der Waals surface area contributed by atoms with Crippen molar-refractivity contribution in [1.29, 1.82) is 0 Å². The molecule has 4 rings (SSSR count). The van der Waals surface area contributed by atoms with Crippen molar-refractivity contribution in [3.63, 3.8) is 0 Å². The molecule has 1 unspecified atom stereocenters. The molecule has 0 saturated carbocycles. The van der Waals surface area contributed by atoms with Gasteiger partial charge in [0.25, 0.3) is 0 Å². The van der Waals surface area contributed by atoms with Crippen LogP contribution < -0.4 is 5.43 Å². The van der Waals surface area contributed by atoms with Crippen LogP contribution in [0.2, 0.25) is 0 Å². The van der Waals surface area contributed by atoms with Gasteiger partial charge in [0.1, 0.15) is 5.75 Å². The van der Waals surface area contributed by atoms with E-state index in [1.54, 1.807) is 6.07 Å². The highest BCUT2D eigenvalue weighted by Crippen LogP contribution is 2.35. The van der Waals surface area contributed by atoms with Crippen LogP contribution in [0.1, 0.15) is 54.6 Å². The second-order valence-corrected chi connectivity index (χ2v) is 9.17. The van der Waals surface area contributed by atoms with Gasteiger partial charge in [0, 0.05) is 42.0 Å². The highest BCUT2D eigenvalue weighted by Gasteiger charge is 2.23. The summed E-state index contributed by atoms with van der Waals surface area (Å²) in [4.78, 5) is 0. The van der Waals surface area contributed by atoms with Gasteiger partial charge in [0.15, 0.2) is 0 Å². The maximum Gasteiger partial charge on any atom is 0.119 e. The number of aromatic nitrogens is 1. The van der Waals surface area contributed by atoms with E-state index in [9.17, 15) is 5.11 Å². The molecule has 2 heterocycles. The molecule has 1 aromatic heterocycles. The van der Waals surface area contributed by atoms with Crippen LogP contribution >= 0.6 is 12.6 Å². The number of aliphatic hydroxyl groups excluding tert-OH is 1. The van der Waals surface area contributed by atoms with Crippen LogP contribution in [-0.2, 0) is 12.8 Å². The number of phenols is 1. The van der Waals surface area contributed by atoms with Gasteiger partial charge < -0.3 is 14.8 Å². The molecule has 176 valence electrons. The molecule has 3 aromatic rings. The molecule has 0 radical (unpaired) electrons. The lowest BCUT2D eigenvalue weighted by Crippen LogP contribution is -2.23. The Balaban J connectivity index is 0.00000149. The summed E-state index contributed by atoms with van der Waals surface area (Å²) in [6.45, 7) is 10.7. The quantitative estimate of drug-likeness (QED) is 0.373. The van der Waals surface area contributed by atoms with E-state index >= 15 is 0 Å². The zero-order chi connectivity index (χ0) is 24.3. The second-order valence-electron chi connectivity index (χ2n) is 8.61.